The van der Waals surface area contributed by atoms with E-state index in [0.717, 1.165) is 12.8 Å². The monoisotopic (exact) mass is 894 g/mol. The van der Waals surface area contributed by atoms with Gasteiger partial charge in [-0.1, -0.05) is 0 Å². The molecule has 7 heterocycles. The van der Waals surface area contributed by atoms with Crippen molar-refractivity contribution in [1.29, 1.82) is 0 Å². The molecule has 0 aliphatic carbocycles. The molecule has 0 unspecified atom stereocenters. The van der Waals surface area contributed by atoms with Crippen LogP contribution in [0.5, 0.6) is 0 Å². The van der Waals surface area contributed by atoms with E-state index >= 15 is 0 Å². The number of methoxy groups -OCH3 is 3. The van der Waals surface area contributed by atoms with Crippen LogP contribution in [-0.2, 0) is 28.6 Å². The summed E-state index contributed by atoms with van der Waals surface area (Å²) >= 11 is 0. The van der Waals surface area contributed by atoms with Gasteiger partial charge in [0.25, 0.3) is 17.8 Å². The van der Waals surface area contributed by atoms with Gasteiger partial charge in [-0.15, -0.1) is 0 Å². The Kier molecular flexibility index (Phi) is 19.8. The molecule has 0 saturated carbocycles. The van der Waals surface area contributed by atoms with Crippen LogP contribution in [0.1, 0.15) is 61.9 Å². The number of carboxylic acid groups (broad SMARTS) is 1. The predicted octanol–water partition coefficient (Wildman–Crippen LogP) is 1.65. The Morgan fingerprint density at radius 1 is 0.585 bits per heavy atom. The fourth-order valence-electron chi connectivity index (χ4n) is 4.57. The van der Waals surface area contributed by atoms with Gasteiger partial charge >= 0.3 is 23.9 Å². The third-order valence-electron chi connectivity index (χ3n) is 7.30. The van der Waals surface area contributed by atoms with Gasteiger partial charge in [0.05, 0.1) is 39.1 Å². The lowest BCUT2D eigenvalue weighted by Crippen LogP contribution is -2.17. The van der Waals surface area contributed by atoms with Gasteiger partial charge < -0.3 is 19.3 Å². The second kappa shape index (κ2) is 25.6. The van der Waals surface area contributed by atoms with Gasteiger partial charge in [0.15, 0.2) is 17.1 Å². The first kappa shape index (κ1) is 50.3. The van der Waals surface area contributed by atoms with E-state index in [0.29, 0.717) is 34.9 Å². The SMILES string of the molecule is COC(=O)C(=O)CC(C)=O.COC(=O)c1cc(C)n(-c2ncccn2)n1.COC(=O)c1cc(C)nn1-c1ncccn1.Cc1cc(C(=O)O)n(-c2ncccn2)n1.NNc1ncccn1. The Balaban J connectivity index is 0.000000221. The van der Waals surface area contributed by atoms with Crippen molar-refractivity contribution in [2.75, 3.05) is 26.8 Å². The molecule has 7 aromatic rings. The zero-order chi connectivity index (χ0) is 47.9. The molecule has 0 amide bonds. The van der Waals surface area contributed by atoms with E-state index in [-0.39, 0.29) is 29.5 Å². The summed E-state index contributed by atoms with van der Waals surface area (Å²) in [6, 6.07) is 11.5. The van der Waals surface area contributed by atoms with E-state index in [2.05, 4.69) is 74.8 Å². The first-order chi connectivity index (χ1) is 31.1. The van der Waals surface area contributed by atoms with Crippen LogP contribution in [0.3, 0.4) is 0 Å². The van der Waals surface area contributed by atoms with E-state index < -0.39 is 29.7 Å². The number of nitrogens with one attached hydrogen (secondary N) is 1. The molecule has 0 aliphatic rings. The van der Waals surface area contributed by atoms with Gasteiger partial charge in [0, 0.05) is 55.3 Å². The molecule has 7 aromatic heterocycles. The average Bonchev–Trinajstić information content (AvgIpc) is 4.05. The number of ketones is 2. The lowest BCUT2D eigenvalue weighted by molar-refractivity contribution is -0.152. The molecular formula is C39H42N16O10. The average molecular weight is 895 g/mol. The smallest absolute Gasteiger partial charge is 0.374 e. The predicted molar refractivity (Wildman–Crippen MR) is 223 cm³/mol. The number of anilines is 1. The third-order valence-corrected chi connectivity index (χ3v) is 7.30. The van der Waals surface area contributed by atoms with Crippen LogP contribution in [0.4, 0.5) is 5.95 Å². The third kappa shape index (κ3) is 15.7. The molecule has 0 fully saturated rings. The highest BCUT2D eigenvalue weighted by Crippen LogP contribution is 2.11. The molecule has 26 heteroatoms. The number of carboxylic acids is 1. The normalized spacial score (nSPS) is 9.72. The largest absolute Gasteiger partial charge is 0.477 e. The van der Waals surface area contributed by atoms with Crippen LogP contribution >= 0.6 is 0 Å². The lowest BCUT2D eigenvalue weighted by atomic mass is 10.2. The van der Waals surface area contributed by atoms with Gasteiger partial charge in [-0.05, 0) is 70.2 Å². The molecule has 0 aliphatic heterocycles. The Morgan fingerprint density at radius 3 is 1.38 bits per heavy atom. The van der Waals surface area contributed by atoms with Crippen molar-refractivity contribution < 1.29 is 48.1 Å². The number of aromatic nitrogens is 14. The Morgan fingerprint density at radius 2 is 1.00 bits per heavy atom. The number of nitrogen functional groups attached to an aromatic ring is 1. The van der Waals surface area contributed by atoms with E-state index in [4.69, 9.17) is 10.9 Å². The van der Waals surface area contributed by atoms with Gasteiger partial charge in [-0.2, -0.15) is 24.7 Å². The molecule has 0 aromatic carbocycles. The highest BCUT2D eigenvalue weighted by atomic mass is 16.5. The highest BCUT2D eigenvalue weighted by molar-refractivity contribution is 6.36. The molecule has 65 heavy (non-hydrogen) atoms. The summed E-state index contributed by atoms with van der Waals surface area (Å²) in [6.45, 7) is 6.55. The minimum atomic E-state index is -1.05. The number of nitrogens with two attached hydrogens (primary N) is 1. The molecule has 0 spiro atoms. The number of nitrogens with zero attached hydrogens (tertiary/aromatic N) is 14. The van der Waals surface area contributed by atoms with Gasteiger partial charge in [-0.25, -0.2) is 69.6 Å². The summed E-state index contributed by atoms with van der Waals surface area (Å²) in [5.74, 6) is 2.35. The van der Waals surface area contributed by atoms with Crippen LogP contribution in [-0.4, -0.2) is 131 Å². The van der Waals surface area contributed by atoms with E-state index in [1.165, 1.54) is 53.6 Å². The fourth-order valence-corrected chi connectivity index (χ4v) is 4.57. The van der Waals surface area contributed by atoms with Gasteiger partial charge in [0.1, 0.15) is 5.78 Å². The van der Waals surface area contributed by atoms with Crippen molar-refractivity contribution >= 4 is 41.4 Å². The van der Waals surface area contributed by atoms with Crippen molar-refractivity contribution in [1.82, 2.24) is 69.2 Å². The number of Topliss-reactive ketones (excluding diaryl/α,β-unsaturated/α-hetero) is 2. The summed E-state index contributed by atoms with van der Waals surface area (Å²) < 4.78 is 17.4. The molecule has 338 valence electrons. The molecule has 0 radical (unpaired) electrons. The molecule has 0 atom stereocenters. The summed E-state index contributed by atoms with van der Waals surface area (Å²) in [4.78, 5) is 96.2. The van der Waals surface area contributed by atoms with Crippen molar-refractivity contribution in [2.24, 2.45) is 5.84 Å². The Bertz CT molecular complexity index is 2640. The topological polar surface area (TPSA) is 345 Å². The number of rotatable bonds is 10. The quantitative estimate of drug-likeness (QED) is 0.0439. The lowest BCUT2D eigenvalue weighted by Gasteiger charge is -2.02. The number of aryl methyl sites for hydroxylation is 3. The second-order valence-electron chi connectivity index (χ2n) is 12.2. The molecular weight excluding hydrogens is 853 g/mol. The van der Waals surface area contributed by atoms with Gasteiger partial charge in [-0.3, -0.25) is 15.0 Å². The summed E-state index contributed by atoms with van der Waals surface area (Å²) in [7, 11) is 3.73. The number of hydrogen-bond donors (Lipinski definition) is 3. The molecule has 4 N–H and O–H groups in total. The minimum absolute atomic E-state index is 0.0544. The fraction of sp³-hybridized carbons (Fsp3) is 0.205. The standard InChI is InChI=1S/2C10H10N4O2.C9H8N4O2.C6H8O4.C4H6N4/c1-7-6-8(9(15)16-2)13-14(7)10-11-4-3-5-12-10;1-7-6-8(9(15)16-2)14(13-7)10-11-4-3-5-12-10;1-6-5-7(8(14)15)13(12-6)9-10-3-2-4-11-9;1-4(7)3-5(8)6(9)10-2;5-8-4-6-2-1-3-7-4/h2*3-6H,1-2H3;2-5H,1H3,(H,14,15);3H2,1-2H3;1-3H,5H2,(H,6,7,8). The van der Waals surface area contributed by atoms with Crippen molar-refractivity contribution in [3.63, 3.8) is 0 Å². The first-order valence-corrected chi connectivity index (χ1v) is 18.4. The molecule has 26 nitrogen and oxygen atoms in total. The maximum Gasteiger partial charge on any atom is 0.374 e. The number of esters is 3. The summed E-state index contributed by atoms with van der Waals surface area (Å²) in [5.41, 5.74) is 5.00. The van der Waals surface area contributed by atoms with E-state index in [9.17, 15) is 28.8 Å². The van der Waals surface area contributed by atoms with E-state index in [1.54, 1.807) is 87.4 Å². The number of hydrazine groups is 1. The zero-order valence-corrected chi connectivity index (χ0v) is 35.8. The molecule has 7 rings (SSSR count). The van der Waals surface area contributed by atoms with Crippen LogP contribution in [0.2, 0.25) is 0 Å². The Hall–Kier alpha value is -9.07. The first-order valence-electron chi connectivity index (χ1n) is 18.4. The molecule has 0 saturated heterocycles. The number of carbonyl (C=O) groups is 6. The van der Waals surface area contributed by atoms with Crippen molar-refractivity contribution in [2.45, 2.75) is 34.1 Å². The molecule has 0 bridgehead atoms. The number of aromatic carboxylic acids is 1. The van der Waals surface area contributed by atoms with Crippen molar-refractivity contribution in [3.05, 3.63) is 126 Å². The summed E-state index contributed by atoms with van der Waals surface area (Å²) in [5, 5.41) is 21.1. The number of carbonyl (C=O) groups excluding carboxylic acids is 5. The second-order valence-corrected chi connectivity index (χ2v) is 12.2. The zero-order valence-electron chi connectivity index (χ0n) is 35.8. The maximum absolute atomic E-state index is 11.5. The van der Waals surface area contributed by atoms with Crippen molar-refractivity contribution in [3.8, 4) is 17.8 Å². The van der Waals surface area contributed by atoms with Crippen LogP contribution < -0.4 is 11.3 Å². The maximum atomic E-state index is 11.5. The minimum Gasteiger partial charge on any atom is -0.477 e. The number of hydrogen-bond acceptors (Lipinski definition) is 22. The van der Waals surface area contributed by atoms with E-state index in [1.807, 2.05) is 6.92 Å². The van der Waals surface area contributed by atoms with Crippen LogP contribution in [0, 0.1) is 20.8 Å². The summed E-state index contributed by atoms with van der Waals surface area (Å²) in [6.07, 6.45) is 12.3. The highest BCUT2D eigenvalue weighted by Gasteiger charge is 2.18. The Labute approximate surface area is 368 Å². The van der Waals surface area contributed by atoms with Crippen LogP contribution in [0.15, 0.2) is 92.0 Å². The number of ether oxygens (including phenoxy) is 3. The van der Waals surface area contributed by atoms with Crippen LogP contribution in [0.25, 0.3) is 17.8 Å². The van der Waals surface area contributed by atoms with Gasteiger partial charge in [0.2, 0.25) is 11.7 Å².